The molecule has 46 heavy (non-hydrogen) atoms. The van der Waals surface area contributed by atoms with Gasteiger partial charge in [-0.1, -0.05) is 24.3 Å². The van der Waals surface area contributed by atoms with E-state index in [1.807, 2.05) is 0 Å². The fourth-order valence-corrected chi connectivity index (χ4v) is 7.43. The average molecular weight is 861 g/mol. The van der Waals surface area contributed by atoms with Crippen molar-refractivity contribution in [3.63, 3.8) is 0 Å². The number of carbonyl (C=O) groups is 4. The van der Waals surface area contributed by atoms with Crippen LogP contribution in [-0.4, -0.2) is 108 Å². The third-order valence-corrected chi connectivity index (χ3v) is 10.4. The van der Waals surface area contributed by atoms with E-state index in [2.05, 4.69) is 24.7 Å². The first kappa shape index (κ1) is 38.5. The monoisotopic (exact) mass is 860 g/mol. The molecule has 12 heteroatoms. The third kappa shape index (κ3) is 8.00. The number of fused-ring (bicyclic) bond motifs is 2. The molecule has 0 bridgehead atoms. The molecule has 0 spiro atoms. The predicted molar refractivity (Wildman–Crippen MR) is 168 cm³/mol. The number of carbonyl (C=O) groups excluding carboxylic acids is 4. The lowest BCUT2D eigenvalue weighted by Crippen LogP contribution is -3.00. The van der Waals surface area contributed by atoms with Crippen LogP contribution in [0.5, 0.6) is 0 Å². The Hall–Kier alpha value is -1.98. The van der Waals surface area contributed by atoms with E-state index in [1.165, 1.54) is 0 Å². The van der Waals surface area contributed by atoms with Crippen molar-refractivity contribution in [1.82, 2.24) is 0 Å². The van der Waals surface area contributed by atoms with Gasteiger partial charge in [0, 0.05) is 24.0 Å². The van der Waals surface area contributed by atoms with Crippen molar-refractivity contribution in [2.75, 3.05) is 64.1 Å². The van der Waals surface area contributed by atoms with E-state index in [1.54, 1.807) is 36.4 Å². The summed E-state index contributed by atoms with van der Waals surface area (Å²) in [5, 5.41) is 25.5. The second-order valence-electron chi connectivity index (χ2n) is 13.2. The van der Waals surface area contributed by atoms with Crippen molar-refractivity contribution >= 4 is 34.8 Å². The maximum Gasteiger partial charge on any atom is 0.230 e. The number of hydrogen-bond donors (Lipinski definition) is 4. The highest BCUT2D eigenvalue weighted by Gasteiger charge is 2.38. The van der Waals surface area contributed by atoms with Crippen LogP contribution >= 0.6 is 0 Å². The van der Waals surface area contributed by atoms with Crippen LogP contribution in [-0.2, 0) is 9.59 Å². The van der Waals surface area contributed by atoms with Crippen LogP contribution in [0.2, 0.25) is 0 Å². The first-order chi connectivity index (χ1) is 21.1. The Morgan fingerprint density at radius 2 is 1.09 bits per heavy atom. The Morgan fingerprint density at radius 3 is 1.46 bits per heavy atom. The van der Waals surface area contributed by atoms with Crippen LogP contribution in [0.3, 0.4) is 0 Å². The number of amides is 2. The number of rotatable bonds is 10. The summed E-state index contributed by atoms with van der Waals surface area (Å²) in [6, 6.07) is 9.96. The highest BCUT2D eigenvalue weighted by Crippen LogP contribution is 2.37. The molecule has 0 aromatic heterocycles. The van der Waals surface area contributed by atoms with Crippen LogP contribution in [0.15, 0.2) is 36.4 Å². The van der Waals surface area contributed by atoms with Gasteiger partial charge in [0.15, 0.2) is 11.6 Å². The first-order valence-corrected chi connectivity index (χ1v) is 16.0. The lowest BCUT2D eigenvalue weighted by Gasteiger charge is -2.44. The number of aliphatic hydroxyl groups excluding tert-OH is 2. The Morgan fingerprint density at radius 1 is 0.696 bits per heavy atom. The van der Waals surface area contributed by atoms with Gasteiger partial charge in [-0.25, -0.2) is 0 Å². The minimum atomic E-state index is -0.380. The van der Waals surface area contributed by atoms with Crippen LogP contribution in [0, 0.1) is 0 Å². The number of aliphatic hydroxyl groups is 2. The van der Waals surface area contributed by atoms with Crippen molar-refractivity contribution in [2.24, 2.45) is 0 Å². The molecule has 5 rings (SSSR count). The summed E-state index contributed by atoms with van der Waals surface area (Å²) in [4.78, 5) is 54.0. The van der Waals surface area contributed by atoms with Gasteiger partial charge in [-0.3, -0.25) is 19.2 Å². The summed E-state index contributed by atoms with van der Waals surface area (Å²) in [6.45, 7) is 3.05. The van der Waals surface area contributed by atoms with Gasteiger partial charge >= 0.3 is 0 Å². The molecule has 2 heterocycles. The van der Waals surface area contributed by atoms with E-state index in [-0.39, 0.29) is 143 Å². The lowest BCUT2D eigenvalue weighted by atomic mass is 9.82. The standard InChI is InChI=1S/C34H44N4O6.2HI/c1-37(17-7-5-9-23(37)21-39)19-15-29(41)35-27-13-14-28(32-31(27)33(43)25-11-3-4-12-26(25)34(32)44)36-30(42)16-20-38(2)18-8-6-10-24(38)22-40;;/h3-4,11-14,23-24,39-40H,5-10,15-22H2,1-2H3;2*1H. The largest absolute Gasteiger partial charge is 1.00 e. The van der Waals surface area contributed by atoms with Crippen LogP contribution in [0.1, 0.15) is 83.2 Å². The highest BCUT2D eigenvalue weighted by atomic mass is 127. The fraction of sp³-hybridized carbons (Fsp3) is 0.529. The predicted octanol–water partition coefficient (Wildman–Crippen LogP) is -2.89. The van der Waals surface area contributed by atoms with Gasteiger partial charge in [0.05, 0.1) is 88.8 Å². The van der Waals surface area contributed by atoms with E-state index < -0.39 is 0 Å². The number of likely N-dealkylation sites (tertiary alicyclic amines) is 2. The molecule has 2 saturated heterocycles. The third-order valence-electron chi connectivity index (χ3n) is 10.4. The van der Waals surface area contributed by atoms with Gasteiger partial charge in [-0.15, -0.1) is 0 Å². The normalized spacial score (nSPS) is 25.3. The maximum absolute atomic E-state index is 13.8. The zero-order valence-corrected chi connectivity index (χ0v) is 31.0. The quantitative estimate of drug-likeness (QED) is 0.128. The zero-order chi connectivity index (χ0) is 31.5. The van der Waals surface area contributed by atoms with Crippen LogP contribution in [0.25, 0.3) is 0 Å². The molecule has 2 aliphatic heterocycles. The van der Waals surface area contributed by atoms with Crippen molar-refractivity contribution in [2.45, 2.75) is 63.5 Å². The van der Waals surface area contributed by atoms with Gasteiger partial charge in [0.25, 0.3) is 0 Å². The van der Waals surface area contributed by atoms with Crippen LogP contribution in [0.4, 0.5) is 11.4 Å². The Kier molecular flexibility index (Phi) is 13.7. The maximum atomic E-state index is 13.8. The molecule has 2 aromatic carbocycles. The molecule has 4 N–H and O–H groups in total. The van der Waals surface area contributed by atoms with Crippen LogP contribution < -0.4 is 58.6 Å². The summed E-state index contributed by atoms with van der Waals surface area (Å²) in [5.41, 5.74) is 1.18. The molecule has 10 nitrogen and oxygen atoms in total. The number of halogens is 2. The number of anilines is 2. The van der Waals surface area contributed by atoms with E-state index >= 15 is 0 Å². The van der Waals surface area contributed by atoms with Crippen molar-refractivity contribution in [3.05, 3.63) is 58.7 Å². The average Bonchev–Trinajstić information content (AvgIpc) is 3.03. The summed E-state index contributed by atoms with van der Waals surface area (Å²) in [5.74, 6) is -1.31. The lowest BCUT2D eigenvalue weighted by molar-refractivity contribution is -0.938. The second kappa shape index (κ2) is 16.4. The second-order valence-corrected chi connectivity index (χ2v) is 13.2. The zero-order valence-electron chi connectivity index (χ0n) is 26.7. The number of nitrogens with one attached hydrogen (secondary N) is 2. The minimum Gasteiger partial charge on any atom is -1.00 e. The first-order valence-electron chi connectivity index (χ1n) is 16.0. The molecular formula is C34H46I2N4O6. The van der Waals surface area contributed by atoms with Crippen molar-refractivity contribution in [1.29, 1.82) is 0 Å². The van der Waals surface area contributed by atoms with E-state index in [0.29, 0.717) is 22.1 Å². The SMILES string of the molecule is C[N+]1(CCC(=O)Nc2ccc(NC(=O)CC[N+]3(C)CCCCC3CO)c3c2C(=O)c2ccccc2C3=O)CCCCC1CO.[I-].[I-]. The topological polar surface area (TPSA) is 133 Å². The number of nitrogens with zero attached hydrogens (tertiary/aromatic N) is 2. The molecule has 4 unspecified atom stereocenters. The molecule has 0 saturated carbocycles. The number of hydrogen-bond acceptors (Lipinski definition) is 6. The van der Waals surface area contributed by atoms with Gasteiger partial charge < -0.3 is 77.8 Å². The van der Waals surface area contributed by atoms with E-state index in [9.17, 15) is 29.4 Å². The number of piperidine rings is 2. The Balaban J connectivity index is 0.00000288. The molecule has 2 aromatic rings. The van der Waals surface area contributed by atoms with Gasteiger partial charge in [0.2, 0.25) is 11.8 Å². The Labute approximate surface area is 305 Å². The van der Waals surface area contributed by atoms with Crippen molar-refractivity contribution in [3.8, 4) is 0 Å². The van der Waals surface area contributed by atoms with E-state index in [0.717, 1.165) is 51.6 Å². The number of benzene rings is 2. The molecule has 2 fully saturated rings. The van der Waals surface area contributed by atoms with Gasteiger partial charge in [0.1, 0.15) is 12.1 Å². The summed E-state index contributed by atoms with van der Waals surface area (Å²) in [7, 11) is 4.15. The fourth-order valence-electron chi connectivity index (χ4n) is 7.43. The molecule has 1 aliphatic carbocycles. The highest BCUT2D eigenvalue weighted by molar-refractivity contribution is 6.32. The van der Waals surface area contributed by atoms with Gasteiger partial charge in [-0.2, -0.15) is 0 Å². The number of quaternary nitrogens is 2. The molecule has 4 atom stereocenters. The summed E-state index contributed by atoms with van der Waals surface area (Å²) >= 11 is 0. The van der Waals surface area contributed by atoms with E-state index in [4.69, 9.17) is 0 Å². The van der Waals surface area contributed by atoms with Crippen molar-refractivity contribution < 1.29 is 86.3 Å². The smallest absolute Gasteiger partial charge is 0.230 e. The molecular weight excluding hydrogens is 814 g/mol. The molecule has 252 valence electrons. The molecule has 3 aliphatic rings. The number of ketones is 2. The van der Waals surface area contributed by atoms with Gasteiger partial charge in [-0.05, 0) is 37.8 Å². The number of likely N-dealkylation sites (N-methyl/N-ethyl adjacent to an activating group) is 2. The molecule has 2 amide bonds. The summed E-state index contributed by atoms with van der Waals surface area (Å²) < 4.78 is 1.24. The molecule has 0 radical (unpaired) electrons. The minimum absolute atomic E-state index is 0. The Bertz CT molecular complexity index is 1350. The summed E-state index contributed by atoms with van der Waals surface area (Å²) in [6.07, 6.45) is 6.48.